The lowest BCUT2D eigenvalue weighted by Crippen LogP contribution is -2.83. The van der Waals surface area contributed by atoms with Crippen LogP contribution in [-0.2, 0) is 15.3 Å². The Hall–Kier alpha value is -3.04. The van der Waals surface area contributed by atoms with Gasteiger partial charge >= 0.3 is 0 Å². The Kier molecular flexibility index (Phi) is 4.60. The molecular weight excluding hydrogens is 448 g/mol. The molecular formula is C27H30N2O6. The summed E-state index contributed by atoms with van der Waals surface area (Å²) in [4.78, 5) is 17.2. The van der Waals surface area contributed by atoms with Crippen LogP contribution in [0.1, 0.15) is 47.1 Å². The zero-order chi connectivity index (χ0) is 25.8. The lowest BCUT2D eigenvalue weighted by atomic mass is 9.60. The van der Waals surface area contributed by atoms with Gasteiger partial charge < -0.3 is 25.2 Å². The number of hydrogen-bond acceptors (Lipinski definition) is 6. The highest BCUT2D eigenvalue weighted by atomic mass is 16.6. The van der Waals surface area contributed by atoms with Gasteiger partial charge in [-0.05, 0) is 53.7 Å². The first-order chi connectivity index (χ1) is 16.1. The van der Waals surface area contributed by atoms with Crippen LogP contribution in [0.15, 0.2) is 53.5 Å². The number of aliphatic hydroxyl groups is 3. The largest absolute Gasteiger partial charge is 0.494 e. The molecule has 0 saturated carbocycles. The van der Waals surface area contributed by atoms with Gasteiger partial charge in [-0.2, -0.15) is 0 Å². The number of fused-ring (bicyclic) bond motifs is 2. The molecule has 2 aliphatic heterocycles. The van der Waals surface area contributed by atoms with E-state index in [0.717, 1.165) is 0 Å². The van der Waals surface area contributed by atoms with Crippen LogP contribution < -0.4 is 10.6 Å². The molecule has 8 nitrogen and oxygen atoms in total. The van der Waals surface area contributed by atoms with Crippen LogP contribution in [0.25, 0.3) is 16.5 Å². The monoisotopic (exact) mass is 478 g/mol. The fourth-order valence-electron chi connectivity index (χ4n) is 5.68. The number of hydrogen-bond donors (Lipinski definition) is 4. The molecule has 1 fully saturated rings. The minimum atomic E-state index is -2.11. The summed E-state index contributed by atoms with van der Waals surface area (Å²) < 4.78 is 7.79. The second kappa shape index (κ2) is 6.79. The maximum absolute atomic E-state index is 13.0. The molecule has 4 N–H and O–H groups in total. The number of carbonyl (C=O) groups is 1. The van der Waals surface area contributed by atoms with Crippen molar-refractivity contribution in [2.45, 2.75) is 69.7 Å². The highest BCUT2D eigenvalue weighted by Gasteiger charge is 2.73. The second-order valence-corrected chi connectivity index (χ2v) is 10.7. The van der Waals surface area contributed by atoms with Gasteiger partial charge in [-0.25, -0.2) is 4.99 Å². The van der Waals surface area contributed by atoms with Crippen LogP contribution in [-0.4, -0.2) is 53.3 Å². The number of para-hydroxylation sites is 2. The number of rotatable bonds is 2. The van der Waals surface area contributed by atoms with Crippen molar-refractivity contribution in [2.24, 2.45) is 4.99 Å². The van der Waals surface area contributed by atoms with E-state index in [1.165, 1.54) is 25.3 Å². The Morgan fingerprint density at radius 3 is 2.11 bits per heavy atom. The predicted octanol–water partition coefficient (Wildman–Crippen LogP) is 1.44. The predicted molar refractivity (Wildman–Crippen MR) is 129 cm³/mol. The van der Waals surface area contributed by atoms with Crippen LogP contribution >= 0.6 is 0 Å². The molecule has 184 valence electrons. The first-order valence-corrected chi connectivity index (χ1v) is 11.5. The SMILES string of the molecule is CC1(C)OC(C)(n2c(O)c(C3=c4ccccc4=NC3=O)c3ccccc32)C(C)(O)C(C)(O)C1(C)O. The van der Waals surface area contributed by atoms with E-state index < -0.39 is 34.0 Å². The molecule has 4 unspecified atom stereocenters. The molecule has 1 aromatic heterocycles. The molecule has 5 rings (SSSR count). The minimum Gasteiger partial charge on any atom is -0.494 e. The number of amides is 1. The van der Waals surface area contributed by atoms with Crippen molar-refractivity contribution < 1.29 is 30.0 Å². The van der Waals surface area contributed by atoms with Crippen LogP contribution in [0.3, 0.4) is 0 Å². The maximum Gasteiger partial charge on any atom is 0.279 e. The molecule has 1 amide bonds. The molecule has 0 aliphatic carbocycles. The summed E-state index contributed by atoms with van der Waals surface area (Å²) in [6.45, 7) is 8.90. The van der Waals surface area contributed by atoms with Gasteiger partial charge in [0.2, 0.25) is 5.88 Å². The molecule has 3 aromatic rings. The van der Waals surface area contributed by atoms with E-state index in [1.54, 1.807) is 69.3 Å². The quantitative estimate of drug-likeness (QED) is 0.442. The van der Waals surface area contributed by atoms with Crippen molar-refractivity contribution in [3.63, 3.8) is 0 Å². The average molecular weight is 479 g/mol. The van der Waals surface area contributed by atoms with Crippen molar-refractivity contribution in [1.29, 1.82) is 0 Å². The summed E-state index contributed by atoms with van der Waals surface area (Å²) in [5, 5.41) is 48.1. The summed E-state index contributed by atoms with van der Waals surface area (Å²) in [6, 6.07) is 14.1. The van der Waals surface area contributed by atoms with E-state index in [0.29, 0.717) is 21.5 Å². The number of aromatic hydroxyl groups is 1. The summed E-state index contributed by atoms with van der Waals surface area (Å²) in [5.74, 6) is -0.807. The molecule has 4 atom stereocenters. The highest BCUT2D eigenvalue weighted by molar-refractivity contribution is 6.25. The standard InChI is InChI=1S/C27H30N2O6/c1-23(2)24(3,32)25(4,33)26(5,34)27(6,35-23)29-18-14-10-8-12-16(18)20(22(29)31)19-15-11-7-9-13-17(15)28-21(19)30/h7-14,31-34H,1-6H3. The molecule has 0 radical (unpaired) electrons. The van der Waals surface area contributed by atoms with E-state index >= 15 is 0 Å². The van der Waals surface area contributed by atoms with Crippen LogP contribution in [0, 0.1) is 0 Å². The van der Waals surface area contributed by atoms with Crippen molar-refractivity contribution in [3.8, 4) is 5.88 Å². The van der Waals surface area contributed by atoms with Gasteiger partial charge in [0.1, 0.15) is 16.8 Å². The third-order valence-corrected chi connectivity index (χ3v) is 8.56. The van der Waals surface area contributed by atoms with Crippen molar-refractivity contribution in [1.82, 2.24) is 4.57 Å². The number of carbonyl (C=O) groups excluding carboxylic acids is 1. The van der Waals surface area contributed by atoms with Gasteiger partial charge in [0, 0.05) is 10.6 Å². The summed E-state index contributed by atoms with van der Waals surface area (Å²) in [7, 11) is 0. The molecule has 35 heavy (non-hydrogen) atoms. The van der Waals surface area contributed by atoms with Gasteiger partial charge in [0.05, 0.1) is 27.6 Å². The third kappa shape index (κ3) is 2.65. The molecule has 8 heteroatoms. The number of nitrogens with zero attached hydrogens (tertiary/aromatic N) is 2. The van der Waals surface area contributed by atoms with Crippen molar-refractivity contribution in [3.05, 3.63) is 64.7 Å². The van der Waals surface area contributed by atoms with E-state index in [4.69, 9.17) is 4.74 Å². The van der Waals surface area contributed by atoms with Gasteiger partial charge in [-0.3, -0.25) is 9.36 Å². The molecule has 2 aromatic carbocycles. The Bertz CT molecular complexity index is 1530. The molecule has 2 aliphatic rings. The van der Waals surface area contributed by atoms with Crippen LogP contribution in [0.4, 0.5) is 0 Å². The average Bonchev–Trinajstić information content (AvgIpc) is 3.24. The van der Waals surface area contributed by atoms with Gasteiger partial charge in [-0.1, -0.05) is 36.4 Å². The highest BCUT2D eigenvalue weighted by Crippen LogP contribution is 2.57. The zero-order valence-electron chi connectivity index (χ0n) is 20.6. The minimum absolute atomic E-state index is 0.241. The van der Waals surface area contributed by atoms with Crippen molar-refractivity contribution in [2.75, 3.05) is 0 Å². The fourth-order valence-corrected chi connectivity index (χ4v) is 5.68. The van der Waals surface area contributed by atoms with E-state index in [-0.39, 0.29) is 17.0 Å². The van der Waals surface area contributed by atoms with Crippen molar-refractivity contribution >= 4 is 22.4 Å². The van der Waals surface area contributed by atoms with Crippen LogP contribution in [0.2, 0.25) is 0 Å². The third-order valence-electron chi connectivity index (χ3n) is 8.56. The number of ether oxygens (including phenoxy) is 1. The molecule has 0 bridgehead atoms. The lowest BCUT2D eigenvalue weighted by Gasteiger charge is -2.65. The smallest absolute Gasteiger partial charge is 0.279 e. The van der Waals surface area contributed by atoms with Gasteiger partial charge in [-0.15, -0.1) is 0 Å². The Morgan fingerprint density at radius 2 is 1.43 bits per heavy atom. The Morgan fingerprint density at radius 1 is 0.829 bits per heavy atom. The summed E-state index contributed by atoms with van der Waals surface area (Å²) >= 11 is 0. The first-order valence-electron chi connectivity index (χ1n) is 11.5. The van der Waals surface area contributed by atoms with E-state index in [1.807, 2.05) is 0 Å². The number of aromatic nitrogens is 1. The topological polar surface area (TPSA) is 125 Å². The Balaban J connectivity index is 1.90. The van der Waals surface area contributed by atoms with Gasteiger partial charge in [0.25, 0.3) is 5.91 Å². The fraction of sp³-hybridized carbons (Fsp3) is 0.407. The zero-order valence-corrected chi connectivity index (χ0v) is 20.6. The molecule has 1 saturated heterocycles. The molecule has 0 spiro atoms. The van der Waals surface area contributed by atoms with E-state index in [2.05, 4.69) is 4.99 Å². The van der Waals surface area contributed by atoms with Crippen LogP contribution in [0.5, 0.6) is 5.88 Å². The van der Waals surface area contributed by atoms with Gasteiger partial charge in [0.15, 0.2) is 5.72 Å². The van der Waals surface area contributed by atoms with E-state index in [9.17, 15) is 25.2 Å². The number of benzene rings is 2. The Labute approximate surface area is 202 Å². The molecule has 3 heterocycles. The summed E-state index contributed by atoms with van der Waals surface area (Å²) in [5.41, 5.74) is -8.21. The maximum atomic E-state index is 13.0. The first kappa shape index (κ1) is 23.7. The lowest BCUT2D eigenvalue weighted by molar-refractivity contribution is -0.416. The normalized spacial score (nSPS) is 34.2. The second-order valence-electron chi connectivity index (χ2n) is 10.7. The summed E-state index contributed by atoms with van der Waals surface area (Å²) in [6.07, 6.45) is 0.